The highest BCUT2D eigenvalue weighted by molar-refractivity contribution is 4.85. The van der Waals surface area contributed by atoms with E-state index in [0.29, 0.717) is 11.5 Å². The highest BCUT2D eigenvalue weighted by Crippen LogP contribution is 2.33. The fraction of sp³-hybridized carbons (Fsp3) is 1.00. The third-order valence-electron chi connectivity index (χ3n) is 3.08. The number of nitrogens with one attached hydrogen (secondary N) is 1. The Balaban J connectivity index is 2.50. The third kappa shape index (κ3) is 3.23. The SMILES string of the molecule is CNCC1(CC(C)OC)CCCOC1. The fourth-order valence-corrected chi connectivity index (χ4v) is 2.35. The van der Waals surface area contributed by atoms with Crippen LogP contribution in [0.4, 0.5) is 0 Å². The number of rotatable bonds is 5. The highest BCUT2D eigenvalue weighted by Gasteiger charge is 2.33. The molecule has 1 fully saturated rings. The van der Waals surface area contributed by atoms with Gasteiger partial charge in [0, 0.05) is 25.7 Å². The van der Waals surface area contributed by atoms with Crippen molar-refractivity contribution in [2.45, 2.75) is 32.3 Å². The van der Waals surface area contributed by atoms with Crippen LogP contribution in [0.25, 0.3) is 0 Å². The number of ether oxygens (including phenoxy) is 2. The van der Waals surface area contributed by atoms with Crippen molar-refractivity contribution >= 4 is 0 Å². The molecule has 0 radical (unpaired) electrons. The Labute approximate surface area is 87.2 Å². The first-order chi connectivity index (χ1) is 6.72. The number of hydrogen-bond acceptors (Lipinski definition) is 3. The van der Waals surface area contributed by atoms with Crippen LogP contribution in [-0.2, 0) is 9.47 Å². The van der Waals surface area contributed by atoms with Gasteiger partial charge in [0.05, 0.1) is 12.7 Å². The highest BCUT2D eigenvalue weighted by atomic mass is 16.5. The lowest BCUT2D eigenvalue weighted by Gasteiger charge is -2.38. The zero-order valence-corrected chi connectivity index (χ0v) is 9.64. The lowest BCUT2D eigenvalue weighted by molar-refractivity contribution is -0.0379. The van der Waals surface area contributed by atoms with E-state index in [-0.39, 0.29) is 0 Å². The van der Waals surface area contributed by atoms with Crippen molar-refractivity contribution in [1.29, 1.82) is 0 Å². The van der Waals surface area contributed by atoms with Crippen LogP contribution < -0.4 is 5.32 Å². The quantitative estimate of drug-likeness (QED) is 0.730. The first-order valence-electron chi connectivity index (χ1n) is 5.47. The largest absolute Gasteiger partial charge is 0.382 e. The molecule has 0 amide bonds. The van der Waals surface area contributed by atoms with Gasteiger partial charge in [-0.1, -0.05) is 0 Å². The lowest BCUT2D eigenvalue weighted by atomic mass is 9.78. The molecule has 1 aliphatic rings. The van der Waals surface area contributed by atoms with Crippen molar-refractivity contribution in [3.63, 3.8) is 0 Å². The van der Waals surface area contributed by atoms with Gasteiger partial charge in [-0.15, -0.1) is 0 Å². The van der Waals surface area contributed by atoms with E-state index in [1.807, 2.05) is 7.05 Å². The summed E-state index contributed by atoms with van der Waals surface area (Å²) in [5, 5.41) is 3.27. The van der Waals surface area contributed by atoms with Crippen molar-refractivity contribution < 1.29 is 9.47 Å². The van der Waals surface area contributed by atoms with Crippen LogP contribution in [0, 0.1) is 5.41 Å². The van der Waals surface area contributed by atoms with Crippen LogP contribution in [-0.4, -0.2) is 40.0 Å². The minimum Gasteiger partial charge on any atom is -0.382 e. The zero-order chi connectivity index (χ0) is 10.4. The van der Waals surface area contributed by atoms with E-state index in [0.717, 1.165) is 26.2 Å². The molecule has 84 valence electrons. The normalized spacial score (nSPS) is 30.2. The zero-order valence-electron chi connectivity index (χ0n) is 9.64. The predicted octanol–water partition coefficient (Wildman–Crippen LogP) is 1.43. The van der Waals surface area contributed by atoms with Crippen molar-refractivity contribution in [3.05, 3.63) is 0 Å². The second-order valence-electron chi connectivity index (χ2n) is 4.44. The van der Waals surface area contributed by atoms with E-state index in [2.05, 4.69) is 12.2 Å². The summed E-state index contributed by atoms with van der Waals surface area (Å²) in [6.45, 7) is 4.96. The van der Waals surface area contributed by atoms with Crippen LogP contribution in [0.5, 0.6) is 0 Å². The topological polar surface area (TPSA) is 30.5 Å². The first-order valence-corrected chi connectivity index (χ1v) is 5.47. The van der Waals surface area contributed by atoms with E-state index in [9.17, 15) is 0 Å². The smallest absolute Gasteiger partial charge is 0.0549 e. The molecule has 2 unspecified atom stereocenters. The van der Waals surface area contributed by atoms with Crippen LogP contribution in [0.15, 0.2) is 0 Å². The maximum atomic E-state index is 5.59. The van der Waals surface area contributed by atoms with E-state index in [1.165, 1.54) is 12.8 Å². The molecule has 1 heterocycles. The Morgan fingerprint density at radius 1 is 1.57 bits per heavy atom. The molecule has 3 heteroatoms. The van der Waals surface area contributed by atoms with Crippen molar-refractivity contribution in [2.75, 3.05) is 33.9 Å². The van der Waals surface area contributed by atoms with Gasteiger partial charge >= 0.3 is 0 Å². The average molecular weight is 201 g/mol. The Bertz CT molecular complexity index is 150. The van der Waals surface area contributed by atoms with E-state index in [1.54, 1.807) is 7.11 Å². The summed E-state index contributed by atoms with van der Waals surface area (Å²) >= 11 is 0. The molecule has 1 N–H and O–H groups in total. The maximum Gasteiger partial charge on any atom is 0.0549 e. The fourth-order valence-electron chi connectivity index (χ4n) is 2.35. The lowest BCUT2D eigenvalue weighted by Crippen LogP contribution is -2.42. The molecule has 0 bridgehead atoms. The Hall–Kier alpha value is -0.120. The first kappa shape index (κ1) is 12.0. The Kier molecular flexibility index (Phi) is 4.85. The van der Waals surface area contributed by atoms with Crippen LogP contribution in [0.3, 0.4) is 0 Å². The summed E-state index contributed by atoms with van der Waals surface area (Å²) in [5.74, 6) is 0. The average Bonchev–Trinajstić information content (AvgIpc) is 2.19. The van der Waals surface area contributed by atoms with E-state index in [4.69, 9.17) is 9.47 Å². The molecule has 14 heavy (non-hydrogen) atoms. The molecule has 1 rings (SSSR count). The van der Waals surface area contributed by atoms with Gasteiger partial charge in [-0.25, -0.2) is 0 Å². The molecule has 0 aliphatic carbocycles. The molecule has 0 spiro atoms. The minimum atomic E-state index is 0.294. The van der Waals surface area contributed by atoms with Gasteiger partial charge in [-0.3, -0.25) is 0 Å². The minimum absolute atomic E-state index is 0.294. The molecule has 2 atom stereocenters. The van der Waals surface area contributed by atoms with Crippen molar-refractivity contribution in [3.8, 4) is 0 Å². The third-order valence-corrected chi connectivity index (χ3v) is 3.08. The van der Waals surface area contributed by atoms with Gasteiger partial charge in [0.15, 0.2) is 0 Å². The Morgan fingerprint density at radius 3 is 2.86 bits per heavy atom. The summed E-state index contributed by atoms with van der Waals surface area (Å²) in [7, 11) is 3.79. The summed E-state index contributed by atoms with van der Waals surface area (Å²) in [6.07, 6.45) is 3.84. The number of hydrogen-bond donors (Lipinski definition) is 1. The van der Waals surface area contributed by atoms with Gasteiger partial charge in [0.2, 0.25) is 0 Å². The monoisotopic (exact) mass is 201 g/mol. The van der Waals surface area contributed by atoms with Crippen LogP contribution >= 0.6 is 0 Å². The molecular formula is C11H23NO2. The summed E-state index contributed by atoms with van der Waals surface area (Å²) in [6, 6.07) is 0. The molecule has 0 aromatic rings. The van der Waals surface area contributed by atoms with Gasteiger partial charge in [-0.2, -0.15) is 0 Å². The second-order valence-corrected chi connectivity index (χ2v) is 4.44. The van der Waals surface area contributed by atoms with Gasteiger partial charge in [0.1, 0.15) is 0 Å². The summed E-state index contributed by atoms with van der Waals surface area (Å²) < 4.78 is 10.9. The van der Waals surface area contributed by atoms with E-state index >= 15 is 0 Å². The Morgan fingerprint density at radius 2 is 2.36 bits per heavy atom. The number of methoxy groups -OCH3 is 1. The van der Waals surface area contributed by atoms with E-state index < -0.39 is 0 Å². The molecule has 0 aromatic heterocycles. The van der Waals surface area contributed by atoms with Gasteiger partial charge < -0.3 is 14.8 Å². The standard InChI is InChI=1S/C11H23NO2/c1-10(13-3)7-11(8-12-2)5-4-6-14-9-11/h10,12H,4-9H2,1-3H3. The summed E-state index contributed by atoms with van der Waals surface area (Å²) in [4.78, 5) is 0. The second kappa shape index (κ2) is 5.69. The molecule has 0 saturated carbocycles. The van der Waals surface area contributed by atoms with Crippen molar-refractivity contribution in [2.24, 2.45) is 5.41 Å². The van der Waals surface area contributed by atoms with Gasteiger partial charge in [-0.05, 0) is 33.2 Å². The molecular weight excluding hydrogens is 178 g/mol. The van der Waals surface area contributed by atoms with Crippen LogP contribution in [0.2, 0.25) is 0 Å². The molecule has 1 saturated heterocycles. The van der Waals surface area contributed by atoms with Crippen molar-refractivity contribution in [1.82, 2.24) is 5.32 Å². The molecule has 3 nitrogen and oxygen atoms in total. The predicted molar refractivity (Wildman–Crippen MR) is 57.5 cm³/mol. The van der Waals surface area contributed by atoms with Gasteiger partial charge in [0.25, 0.3) is 0 Å². The van der Waals surface area contributed by atoms with Crippen LogP contribution in [0.1, 0.15) is 26.2 Å². The summed E-state index contributed by atoms with van der Waals surface area (Å²) in [5.41, 5.74) is 0.294. The molecule has 1 aliphatic heterocycles. The molecule has 0 aromatic carbocycles. The maximum absolute atomic E-state index is 5.59.